The lowest BCUT2D eigenvalue weighted by atomic mass is 9.66. The van der Waals surface area contributed by atoms with E-state index in [0.717, 1.165) is 6.42 Å². The fourth-order valence-electron chi connectivity index (χ4n) is 5.83. The third kappa shape index (κ3) is 2.47. The van der Waals surface area contributed by atoms with Crippen LogP contribution in [0.3, 0.4) is 0 Å². The second-order valence-corrected chi connectivity index (χ2v) is 9.21. The number of hydrogen-bond donors (Lipinski definition) is 0. The summed E-state index contributed by atoms with van der Waals surface area (Å²) in [6.07, 6.45) is 9.51. The molecule has 1 saturated carbocycles. The van der Waals surface area contributed by atoms with Gasteiger partial charge in [0.1, 0.15) is 0 Å². The van der Waals surface area contributed by atoms with E-state index in [4.69, 9.17) is 0 Å². The predicted octanol–water partition coefficient (Wildman–Crippen LogP) is 6.66. The lowest BCUT2D eigenvalue weighted by molar-refractivity contribution is -0.136. The largest absolute Gasteiger partial charge is 0.291 e. The van der Waals surface area contributed by atoms with E-state index in [1.165, 1.54) is 49.0 Å². The van der Waals surface area contributed by atoms with E-state index in [9.17, 15) is 9.59 Å². The van der Waals surface area contributed by atoms with E-state index in [1.54, 1.807) is 0 Å². The molecule has 0 aliphatic heterocycles. The van der Waals surface area contributed by atoms with Gasteiger partial charge < -0.3 is 0 Å². The highest BCUT2D eigenvalue weighted by molar-refractivity contribution is 6.44. The number of benzene rings is 4. The van der Waals surface area contributed by atoms with Crippen molar-refractivity contribution in [2.24, 2.45) is 11.8 Å². The van der Waals surface area contributed by atoms with E-state index < -0.39 is 0 Å². The van der Waals surface area contributed by atoms with Crippen LogP contribution < -0.4 is 0 Å². The maximum Gasteiger partial charge on any atom is 0.224 e. The van der Waals surface area contributed by atoms with Gasteiger partial charge in [-0.1, -0.05) is 48.6 Å². The van der Waals surface area contributed by atoms with Crippen molar-refractivity contribution in [1.82, 2.24) is 0 Å². The number of allylic oxidation sites excluding steroid dienone is 5. The van der Waals surface area contributed by atoms with Crippen LogP contribution in [0.15, 0.2) is 84.5 Å². The van der Waals surface area contributed by atoms with Crippen LogP contribution in [-0.2, 0) is 9.59 Å². The first-order valence-electron chi connectivity index (χ1n) is 11.2. The fraction of sp³-hybridized carbons (Fsp3) is 0.133. The van der Waals surface area contributed by atoms with Gasteiger partial charge in [0.25, 0.3) is 0 Å². The topological polar surface area (TPSA) is 34.1 Å². The standard InChI is InChI=1S/C30H20O2/c31-29-10-9-25-24-6-5-19-13-22-14-20-11-17-3-1-2-4-18(17)12-21(20)15-23(22)16-28(19)26(24)7-8-27(25)30(29)32/h1-8,11-16,24-25H,9-10H2. The quantitative estimate of drug-likeness (QED) is 0.239. The maximum absolute atomic E-state index is 12.4. The second kappa shape index (κ2) is 6.37. The zero-order valence-electron chi connectivity index (χ0n) is 17.5. The van der Waals surface area contributed by atoms with Crippen molar-refractivity contribution in [3.8, 4) is 0 Å². The summed E-state index contributed by atoms with van der Waals surface area (Å²) >= 11 is 0. The van der Waals surface area contributed by atoms with Gasteiger partial charge in [0.05, 0.1) is 0 Å². The van der Waals surface area contributed by atoms with Gasteiger partial charge in [0, 0.05) is 17.9 Å². The van der Waals surface area contributed by atoms with Gasteiger partial charge in [-0.2, -0.15) is 0 Å². The Labute approximate surface area is 185 Å². The molecule has 0 radical (unpaired) electrons. The van der Waals surface area contributed by atoms with Gasteiger partial charge in [-0.05, 0) is 97.8 Å². The SMILES string of the molecule is O=C1CCC2C(=CC=C3c4cc5cc6cc7ccccc7cc6cc5cc4C=CC32)C1=O. The smallest absolute Gasteiger partial charge is 0.224 e. The molecule has 2 heteroatoms. The molecule has 3 aliphatic rings. The van der Waals surface area contributed by atoms with Crippen molar-refractivity contribution in [3.05, 3.63) is 95.6 Å². The van der Waals surface area contributed by atoms with E-state index in [0.29, 0.717) is 12.0 Å². The second-order valence-electron chi connectivity index (χ2n) is 9.21. The lowest BCUT2D eigenvalue weighted by Gasteiger charge is -2.36. The molecule has 0 heterocycles. The first kappa shape index (κ1) is 17.9. The Morgan fingerprint density at radius 1 is 0.688 bits per heavy atom. The van der Waals surface area contributed by atoms with Crippen molar-refractivity contribution in [2.75, 3.05) is 0 Å². The molecule has 7 rings (SSSR count). The molecule has 3 aliphatic carbocycles. The highest BCUT2D eigenvalue weighted by atomic mass is 16.2. The van der Waals surface area contributed by atoms with Crippen LogP contribution in [0.1, 0.15) is 24.0 Å². The molecule has 0 aromatic heterocycles. The molecule has 32 heavy (non-hydrogen) atoms. The summed E-state index contributed by atoms with van der Waals surface area (Å²) in [5.74, 6) is -0.243. The minimum Gasteiger partial charge on any atom is -0.291 e. The molecule has 0 amide bonds. The van der Waals surface area contributed by atoms with E-state index in [2.05, 4.69) is 78.9 Å². The summed E-state index contributed by atoms with van der Waals surface area (Å²) in [5, 5.41) is 7.48. The van der Waals surface area contributed by atoms with Gasteiger partial charge >= 0.3 is 0 Å². The molecule has 152 valence electrons. The lowest BCUT2D eigenvalue weighted by Crippen LogP contribution is -2.34. The highest BCUT2D eigenvalue weighted by Crippen LogP contribution is 2.47. The third-order valence-corrected chi connectivity index (χ3v) is 7.46. The van der Waals surface area contributed by atoms with Crippen LogP contribution in [0.5, 0.6) is 0 Å². The third-order valence-electron chi connectivity index (χ3n) is 7.46. The fourth-order valence-corrected chi connectivity index (χ4v) is 5.83. The van der Waals surface area contributed by atoms with Crippen molar-refractivity contribution < 1.29 is 9.59 Å². The first-order chi connectivity index (χ1) is 15.7. The number of hydrogen-bond acceptors (Lipinski definition) is 2. The van der Waals surface area contributed by atoms with Gasteiger partial charge in [-0.3, -0.25) is 9.59 Å². The molecule has 0 bridgehead atoms. The summed E-state index contributed by atoms with van der Waals surface area (Å²) < 4.78 is 0. The van der Waals surface area contributed by atoms with Crippen LogP contribution >= 0.6 is 0 Å². The zero-order valence-corrected chi connectivity index (χ0v) is 17.5. The van der Waals surface area contributed by atoms with Crippen LogP contribution in [0.2, 0.25) is 0 Å². The summed E-state index contributed by atoms with van der Waals surface area (Å²) in [4.78, 5) is 24.3. The van der Waals surface area contributed by atoms with Crippen LogP contribution in [0, 0.1) is 11.8 Å². The average molecular weight is 412 g/mol. The summed E-state index contributed by atoms with van der Waals surface area (Å²) in [7, 11) is 0. The Morgan fingerprint density at radius 3 is 2.06 bits per heavy atom. The molecule has 2 nitrogen and oxygen atoms in total. The van der Waals surface area contributed by atoms with E-state index in [-0.39, 0.29) is 23.4 Å². The Balaban J connectivity index is 1.42. The molecule has 0 N–H and O–H groups in total. The molecule has 0 saturated heterocycles. The monoisotopic (exact) mass is 412 g/mol. The van der Waals surface area contributed by atoms with E-state index >= 15 is 0 Å². The van der Waals surface area contributed by atoms with Crippen LogP contribution in [0.4, 0.5) is 0 Å². The van der Waals surface area contributed by atoms with Crippen molar-refractivity contribution in [2.45, 2.75) is 12.8 Å². The maximum atomic E-state index is 12.4. The van der Waals surface area contributed by atoms with Crippen LogP contribution in [-0.4, -0.2) is 11.6 Å². The Bertz CT molecular complexity index is 1610. The predicted molar refractivity (Wildman–Crippen MR) is 130 cm³/mol. The van der Waals surface area contributed by atoms with Gasteiger partial charge in [0.15, 0.2) is 0 Å². The number of Topliss-reactive ketones (excluding diaryl/α,β-unsaturated/α-hetero) is 2. The molecule has 1 fully saturated rings. The minimum absolute atomic E-state index is 0.114. The highest BCUT2D eigenvalue weighted by Gasteiger charge is 2.39. The van der Waals surface area contributed by atoms with Gasteiger partial charge in [-0.25, -0.2) is 0 Å². The number of carbonyl (C=O) groups excluding carboxylic acids is 2. The Hall–Kier alpha value is -3.78. The number of ketones is 2. The van der Waals surface area contributed by atoms with Crippen molar-refractivity contribution >= 4 is 55.5 Å². The first-order valence-corrected chi connectivity index (χ1v) is 11.2. The van der Waals surface area contributed by atoms with Crippen LogP contribution in [0.25, 0.3) is 44.0 Å². The Morgan fingerprint density at radius 2 is 1.31 bits per heavy atom. The molecule has 4 aromatic rings. The zero-order chi connectivity index (χ0) is 21.4. The molecular weight excluding hydrogens is 392 g/mol. The summed E-state index contributed by atoms with van der Waals surface area (Å²) in [6, 6.07) is 22.2. The molecular formula is C30H20O2. The Kier molecular flexibility index (Phi) is 3.55. The molecule has 0 spiro atoms. The number of carbonyl (C=O) groups is 2. The van der Waals surface area contributed by atoms with Crippen molar-refractivity contribution in [1.29, 1.82) is 0 Å². The summed E-state index contributed by atoms with van der Waals surface area (Å²) in [6.45, 7) is 0. The normalized spacial score (nSPS) is 21.9. The minimum atomic E-state index is -0.284. The van der Waals surface area contributed by atoms with Gasteiger partial charge in [0.2, 0.25) is 11.6 Å². The van der Waals surface area contributed by atoms with E-state index in [1.807, 2.05) is 6.08 Å². The number of rotatable bonds is 0. The summed E-state index contributed by atoms with van der Waals surface area (Å²) in [5.41, 5.74) is 4.42. The van der Waals surface area contributed by atoms with Crippen molar-refractivity contribution in [3.63, 3.8) is 0 Å². The van der Waals surface area contributed by atoms with Gasteiger partial charge in [-0.15, -0.1) is 0 Å². The molecule has 4 aromatic carbocycles. The molecule has 2 atom stereocenters. The number of fused-ring (bicyclic) bond motifs is 8. The molecule has 2 unspecified atom stereocenters. The average Bonchev–Trinajstić information content (AvgIpc) is 2.82.